The Hall–Kier alpha value is -1.83. The maximum Gasteiger partial charge on any atom is 0.291 e. The molecular weight excluding hydrogens is 398 g/mol. The first-order valence-electron chi connectivity index (χ1n) is 7.19. The maximum absolute atomic E-state index is 12.1. The molecule has 0 aliphatic rings. The Morgan fingerprint density at radius 1 is 1.12 bits per heavy atom. The molecule has 2 aromatic rings. The molecule has 1 aromatic carbocycles. The first-order chi connectivity index (χ1) is 11.1. The Balaban J connectivity index is 0.00000288. The minimum atomic E-state index is -0.373. The number of halogens is 2. The fraction of sp³-hybridized carbons (Fsp3) is 0.250. The Labute approximate surface area is 154 Å². The van der Waals surface area contributed by atoms with Crippen molar-refractivity contribution < 1.29 is 14.0 Å². The van der Waals surface area contributed by atoms with Crippen LogP contribution in [0.15, 0.2) is 45.5 Å². The van der Waals surface area contributed by atoms with Crippen LogP contribution in [0.25, 0.3) is 0 Å². The maximum atomic E-state index is 12.1. The highest BCUT2D eigenvalue weighted by Crippen LogP contribution is 2.16. The number of hydrogen-bond acceptors (Lipinski definition) is 4. The van der Waals surface area contributed by atoms with Crippen LogP contribution in [0.5, 0.6) is 0 Å². The molecule has 0 aliphatic heterocycles. The van der Waals surface area contributed by atoms with Gasteiger partial charge in [0.1, 0.15) is 0 Å². The molecule has 8 heteroatoms. The molecule has 2 rings (SSSR count). The molecule has 0 aliphatic carbocycles. The Morgan fingerprint density at radius 2 is 1.92 bits per heavy atom. The lowest BCUT2D eigenvalue weighted by Crippen LogP contribution is -2.26. The van der Waals surface area contributed by atoms with E-state index in [-0.39, 0.29) is 30.0 Å². The average Bonchev–Trinajstić information content (AvgIpc) is 2.98. The van der Waals surface area contributed by atoms with E-state index < -0.39 is 0 Å². The number of carbonyl (C=O) groups is 2. The van der Waals surface area contributed by atoms with Gasteiger partial charge in [0, 0.05) is 17.8 Å². The summed E-state index contributed by atoms with van der Waals surface area (Å²) >= 11 is 3.15. The van der Waals surface area contributed by atoms with E-state index >= 15 is 0 Å². The zero-order valence-electron chi connectivity index (χ0n) is 13.1. The van der Waals surface area contributed by atoms with E-state index in [2.05, 4.69) is 31.9 Å². The van der Waals surface area contributed by atoms with Crippen LogP contribution in [0.4, 0.5) is 5.69 Å². The number of hydrogen-bond donors (Lipinski definition) is 3. The van der Waals surface area contributed by atoms with E-state index in [0.717, 1.165) is 13.0 Å². The van der Waals surface area contributed by atoms with E-state index in [0.29, 0.717) is 22.5 Å². The van der Waals surface area contributed by atoms with E-state index in [1.807, 2.05) is 7.05 Å². The Bertz CT molecular complexity index is 691. The zero-order chi connectivity index (χ0) is 16.7. The van der Waals surface area contributed by atoms with Gasteiger partial charge in [-0.25, -0.2) is 0 Å². The summed E-state index contributed by atoms with van der Waals surface area (Å²) in [5, 5.41) is 8.55. The number of anilines is 1. The highest BCUT2D eigenvalue weighted by Gasteiger charge is 2.12. The summed E-state index contributed by atoms with van der Waals surface area (Å²) in [5.74, 6) is -0.348. The van der Waals surface area contributed by atoms with Crippen LogP contribution in [0.3, 0.4) is 0 Å². The first-order valence-corrected chi connectivity index (χ1v) is 7.99. The molecule has 0 spiro atoms. The van der Waals surface area contributed by atoms with E-state index in [4.69, 9.17) is 4.42 Å². The van der Waals surface area contributed by atoms with Crippen LogP contribution in [0, 0.1) is 0 Å². The lowest BCUT2D eigenvalue weighted by Gasteiger charge is -2.07. The molecule has 1 aromatic heterocycles. The molecule has 1 heterocycles. The third kappa shape index (κ3) is 5.99. The monoisotopic (exact) mass is 415 g/mol. The Morgan fingerprint density at radius 3 is 2.58 bits per heavy atom. The van der Waals surface area contributed by atoms with Crippen molar-refractivity contribution in [3.63, 3.8) is 0 Å². The molecule has 24 heavy (non-hydrogen) atoms. The van der Waals surface area contributed by atoms with Gasteiger partial charge in [-0.15, -0.1) is 12.4 Å². The fourth-order valence-corrected chi connectivity index (χ4v) is 2.24. The van der Waals surface area contributed by atoms with Gasteiger partial charge >= 0.3 is 0 Å². The van der Waals surface area contributed by atoms with Gasteiger partial charge in [0.25, 0.3) is 11.8 Å². The molecule has 2 amide bonds. The number of amides is 2. The van der Waals surface area contributed by atoms with Crippen LogP contribution in [-0.4, -0.2) is 32.0 Å². The predicted molar refractivity (Wildman–Crippen MR) is 98.9 cm³/mol. The molecular formula is C16H19BrClN3O3. The van der Waals surface area contributed by atoms with Gasteiger partial charge in [-0.2, -0.15) is 0 Å². The summed E-state index contributed by atoms with van der Waals surface area (Å²) in [6, 6.07) is 9.97. The van der Waals surface area contributed by atoms with Crippen molar-refractivity contribution in [1.29, 1.82) is 0 Å². The topological polar surface area (TPSA) is 83.4 Å². The number of carbonyl (C=O) groups excluding carboxylic acids is 2. The summed E-state index contributed by atoms with van der Waals surface area (Å²) in [6.45, 7) is 1.44. The first kappa shape index (κ1) is 20.2. The molecule has 0 radical (unpaired) electrons. The van der Waals surface area contributed by atoms with Crippen LogP contribution in [0.1, 0.15) is 27.3 Å². The number of nitrogens with one attached hydrogen (secondary N) is 3. The number of rotatable bonds is 7. The smallest absolute Gasteiger partial charge is 0.291 e. The molecule has 0 atom stereocenters. The molecule has 3 N–H and O–H groups in total. The summed E-state index contributed by atoms with van der Waals surface area (Å²) in [5.41, 5.74) is 1.03. The summed E-state index contributed by atoms with van der Waals surface area (Å²) < 4.78 is 5.67. The predicted octanol–water partition coefficient (Wildman–Crippen LogP) is 3.06. The van der Waals surface area contributed by atoms with E-state index in [1.54, 1.807) is 36.4 Å². The Kier molecular flexibility index (Phi) is 8.53. The van der Waals surface area contributed by atoms with Gasteiger partial charge in [0.2, 0.25) is 0 Å². The lowest BCUT2D eigenvalue weighted by atomic mass is 10.2. The van der Waals surface area contributed by atoms with Crippen molar-refractivity contribution >= 4 is 45.8 Å². The van der Waals surface area contributed by atoms with Crippen molar-refractivity contribution in [2.45, 2.75) is 6.42 Å². The van der Waals surface area contributed by atoms with E-state index in [1.165, 1.54) is 0 Å². The van der Waals surface area contributed by atoms with Crippen LogP contribution in [0.2, 0.25) is 0 Å². The van der Waals surface area contributed by atoms with Crippen molar-refractivity contribution in [2.75, 3.05) is 25.5 Å². The van der Waals surface area contributed by atoms with Gasteiger partial charge in [-0.05, 0) is 66.3 Å². The van der Waals surface area contributed by atoms with Crippen molar-refractivity contribution in [1.82, 2.24) is 10.6 Å². The second kappa shape index (κ2) is 10.1. The average molecular weight is 417 g/mol. The number of furan rings is 1. The normalized spacial score (nSPS) is 9.92. The van der Waals surface area contributed by atoms with Crippen LogP contribution < -0.4 is 16.0 Å². The molecule has 0 unspecified atom stereocenters. The van der Waals surface area contributed by atoms with Crippen molar-refractivity contribution in [3.05, 3.63) is 52.4 Å². The highest BCUT2D eigenvalue weighted by molar-refractivity contribution is 9.10. The minimum absolute atomic E-state index is 0. The molecule has 0 fully saturated rings. The molecule has 0 saturated heterocycles. The van der Waals surface area contributed by atoms with Crippen molar-refractivity contribution in [3.8, 4) is 0 Å². The molecule has 0 saturated carbocycles. The SMILES string of the molecule is CNCCCNC(=O)c1cccc(NC(=O)c2ccc(Br)o2)c1.Cl. The second-order valence-electron chi connectivity index (χ2n) is 4.85. The van der Waals surface area contributed by atoms with Gasteiger partial charge in [0.15, 0.2) is 10.4 Å². The van der Waals surface area contributed by atoms with Gasteiger partial charge < -0.3 is 20.4 Å². The second-order valence-corrected chi connectivity index (χ2v) is 5.63. The molecule has 0 bridgehead atoms. The highest BCUT2D eigenvalue weighted by atomic mass is 79.9. The molecule has 6 nitrogen and oxygen atoms in total. The van der Waals surface area contributed by atoms with Gasteiger partial charge in [-0.3, -0.25) is 9.59 Å². The van der Waals surface area contributed by atoms with E-state index in [9.17, 15) is 9.59 Å². The standard InChI is InChI=1S/C16H18BrN3O3.ClH/c1-18-8-3-9-19-15(21)11-4-2-5-12(10-11)20-16(22)13-6-7-14(17)23-13;/h2,4-7,10,18H,3,8-9H2,1H3,(H,19,21)(H,20,22);1H. The summed E-state index contributed by atoms with van der Waals surface area (Å²) in [4.78, 5) is 24.1. The van der Waals surface area contributed by atoms with Gasteiger partial charge in [0.05, 0.1) is 0 Å². The zero-order valence-corrected chi connectivity index (χ0v) is 15.5. The van der Waals surface area contributed by atoms with Crippen molar-refractivity contribution in [2.24, 2.45) is 0 Å². The van der Waals surface area contributed by atoms with Crippen LogP contribution >= 0.6 is 28.3 Å². The largest absolute Gasteiger partial charge is 0.444 e. The lowest BCUT2D eigenvalue weighted by molar-refractivity contribution is 0.0951. The van der Waals surface area contributed by atoms with Gasteiger partial charge in [-0.1, -0.05) is 6.07 Å². The quantitative estimate of drug-likeness (QED) is 0.606. The third-order valence-corrected chi connectivity index (χ3v) is 3.49. The minimum Gasteiger partial charge on any atom is -0.444 e. The number of benzene rings is 1. The molecule has 130 valence electrons. The van der Waals surface area contributed by atoms with Crippen LogP contribution in [-0.2, 0) is 0 Å². The summed E-state index contributed by atoms with van der Waals surface area (Å²) in [7, 11) is 1.87. The fourth-order valence-electron chi connectivity index (χ4n) is 1.94. The summed E-state index contributed by atoms with van der Waals surface area (Å²) in [6.07, 6.45) is 0.853. The third-order valence-electron chi connectivity index (χ3n) is 3.07.